The van der Waals surface area contributed by atoms with Crippen LogP contribution in [0.4, 0.5) is 11.4 Å². The number of benzene rings is 1. The van der Waals surface area contributed by atoms with E-state index < -0.39 is 53.5 Å². The van der Waals surface area contributed by atoms with Gasteiger partial charge >= 0.3 is 17.9 Å². The van der Waals surface area contributed by atoms with E-state index in [0.29, 0.717) is 16.9 Å². The molecule has 1 amide bonds. The van der Waals surface area contributed by atoms with Crippen molar-refractivity contribution in [2.45, 2.75) is 90.6 Å². The van der Waals surface area contributed by atoms with Gasteiger partial charge < -0.3 is 35.1 Å². The summed E-state index contributed by atoms with van der Waals surface area (Å²) >= 11 is 0. The zero-order chi connectivity index (χ0) is 35.2. The predicted molar refractivity (Wildman–Crippen MR) is 188 cm³/mol. The number of aromatic nitrogens is 2. The third kappa shape index (κ3) is 6.10. The summed E-state index contributed by atoms with van der Waals surface area (Å²) in [7, 11) is 0. The van der Waals surface area contributed by atoms with Crippen LogP contribution in [0.1, 0.15) is 76.5 Å². The standard InChI is InChI=1S/C35H40N6O8.ClH/c1-5-7-8-12-40-17-37-22-10-9-11-23-27(22)30(40)19-15-41-25(29(19)38-23)13-21-20(32(41)44)16-48-34(47)35(21,6-2)49-26(42)14-24(33(45)46)39-31(43)28(36)18(3)4;/h9-11,13,17-18,24,28H,5-8,12,14-16,36H2,1-4H3,(H,39,43)(H,45,46);1H/t24-,28+,35+;/m1./s1. The van der Waals surface area contributed by atoms with Gasteiger partial charge in [0, 0.05) is 17.7 Å². The number of hydrogen-bond acceptors (Lipinski definition) is 11. The molecule has 2 aromatic heterocycles. The number of esters is 2. The lowest BCUT2D eigenvalue weighted by atomic mass is 9.85. The topological polar surface area (TPSA) is 196 Å². The molecule has 0 bridgehead atoms. The third-order valence-electron chi connectivity index (χ3n) is 9.55. The Labute approximate surface area is 294 Å². The van der Waals surface area contributed by atoms with Gasteiger partial charge in [-0.25, -0.2) is 19.6 Å². The van der Waals surface area contributed by atoms with Crippen molar-refractivity contribution < 1.29 is 33.8 Å². The van der Waals surface area contributed by atoms with Gasteiger partial charge in [-0.05, 0) is 37.0 Å². The SMILES string of the molecule is CCCCCN1C=Nc2cccc3nc4c(c1c23)Cn1c-4cc2c(c1=O)COC(=O)[C@@]2(CC)OC(=O)C[C@@H](NC(=O)[C@@H](N)C(C)C)C(=O)O.Cl. The highest BCUT2D eigenvalue weighted by molar-refractivity contribution is 6.11. The fraction of sp³-hybridized carbons (Fsp3) is 0.457. The second-order valence-corrected chi connectivity index (χ2v) is 13.0. The van der Waals surface area contributed by atoms with Gasteiger partial charge in [0.25, 0.3) is 5.56 Å². The number of carboxylic acids is 1. The fourth-order valence-corrected chi connectivity index (χ4v) is 6.73. The van der Waals surface area contributed by atoms with Crippen molar-refractivity contribution in [2.24, 2.45) is 16.6 Å². The molecule has 0 unspecified atom stereocenters. The van der Waals surface area contributed by atoms with E-state index in [9.17, 15) is 29.1 Å². The summed E-state index contributed by atoms with van der Waals surface area (Å²) in [6, 6.07) is 4.69. The van der Waals surface area contributed by atoms with Crippen LogP contribution in [0.2, 0.25) is 0 Å². The number of aliphatic imine (C=N–C) groups is 1. The molecular formula is C35H41ClN6O8. The largest absolute Gasteiger partial charge is 0.480 e. The van der Waals surface area contributed by atoms with E-state index in [1.165, 1.54) is 0 Å². The van der Waals surface area contributed by atoms with Crippen LogP contribution >= 0.6 is 12.4 Å². The smallest absolute Gasteiger partial charge is 0.355 e. The minimum Gasteiger partial charge on any atom is -0.480 e. The Balaban J connectivity index is 0.00000486. The molecule has 4 N–H and O–H groups in total. The highest BCUT2D eigenvalue weighted by atomic mass is 35.5. The van der Waals surface area contributed by atoms with Crippen molar-refractivity contribution in [3.63, 3.8) is 0 Å². The first kappa shape index (κ1) is 36.5. The van der Waals surface area contributed by atoms with E-state index >= 15 is 0 Å². The van der Waals surface area contributed by atoms with Crippen molar-refractivity contribution in [1.82, 2.24) is 14.9 Å². The summed E-state index contributed by atoms with van der Waals surface area (Å²) in [5.41, 5.74) is 8.01. The molecule has 5 heterocycles. The summed E-state index contributed by atoms with van der Waals surface area (Å²) in [6.45, 7) is 7.78. The van der Waals surface area contributed by atoms with Gasteiger partial charge in [-0.15, -0.1) is 12.4 Å². The molecule has 3 aliphatic rings. The molecule has 14 nitrogen and oxygen atoms in total. The van der Waals surface area contributed by atoms with Crippen LogP contribution < -0.4 is 21.5 Å². The van der Waals surface area contributed by atoms with Crippen LogP contribution in [0.25, 0.3) is 22.3 Å². The quantitative estimate of drug-likeness (QED) is 0.144. The van der Waals surface area contributed by atoms with Crippen molar-refractivity contribution >= 4 is 64.8 Å². The molecule has 0 saturated heterocycles. The van der Waals surface area contributed by atoms with Gasteiger partial charge in [0.1, 0.15) is 12.6 Å². The summed E-state index contributed by atoms with van der Waals surface area (Å²) < 4.78 is 12.8. The van der Waals surface area contributed by atoms with Crippen molar-refractivity contribution in [3.05, 3.63) is 51.3 Å². The van der Waals surface area contributed by atoms with E-state index in [1.54, 1.807) is 31.4 Å². The molecule has 0 spiro atoms. The molecule has 266 valence electrons. The van der Waals surface area contributed by atoms with Crippen molar-refractivity contribution in [3.8, 4) is 11.4 Å². The number of anilines is 1. The highest BCUT2D eigenvalue weighted by Gasteiger charge is 2.51. The molecule has 0 fully saturated rings. The van der Waals surface area contributed by atoms with Gasteiger partial charge in [-0.1, -0.05) is 46.6 Å². The predicted octanol–water partition coefficient (Wildman–Crippen LogP) is 3.67. The van der Waals surface area contributed by atoms with Gasteiger partial charge in [-0.3, -0.25) is 14.4 Å². The first-order valence-corrected chi connectivity index (χ1v) is 16.6. The third-order valence-corrected chi connectivity index (χ3v) is 9.55. The zero-order valence-corrected chi connectivity index (χ0v) is 29.2. The average Bonchev–Trinajstić information content (AvgIpc) is 3.45. The maximum absolute atomic E-state index is 14.2. The van der Waals surface area contributed by atoms with Gasteiger partial charge in [0.15, 0.2) is 0 Å². The van der Waals surface area contributed by atoms with Crippen LogP contribution in [0.15, 0.2) is 34.1 Å². The lowest BCUT2D eigenvalue weighted by Crippen LogP contribution is -2.52. The number of nitrogens with one attached hydrogen (secondary N) is 1. The molecule has 3 atom stereocenters. The summed E-state index contributed by atoms with van der Waals surface area (Å²) in [4.78, 5) is 77.3. The monoisotopic (exact) mass is 708 g/mol. The fourth-order valence-electron chi connectivity index (χ4n) is 6.73. The van der Waals surface area contributed by atoms with Crippen LogP contribution in [-0.4, -0.2) is 63.4 Å². The lowest BCUT2D eigenvalue weighted by Gasteiger charge is -2.36. The molecule has 0 aliphatic carbocycles. The number of unbranched alkanes of at least 4 members (excludes halogenated alkanes) is 2. The molecular weight excluding hydrogens is 668 g/mol. The minimum atomic E-state index is -2.04. The molecule has 0 saturated carbocycles. The normalized spacial score (nSPS) is 18.0. The van der Waals surface area contributed by atoms with Crippen LogP contribution in [0, 0.1) is 5.92 Å². The number of halogens is 1. The van der Waals surface area contributed by atoms with Crippen molar-refractivity contribution in [1.29, 1.82) is 0 Å². The number of carboxylic acid groups (broad SMARTS) is 1. The van der Waals surface area contributed by atoms with E-state index in [1.807, 2.05) is 24.5 Å². The van der Waals surface area contributed by atoms with E-state index in [2.05, 4.69) is 22.1 Å². The Hall–Kier alpha value is -4.82. The first-order chi connectivity index (χ1) is 23.4. The number of carbonyl (C=O) groups excluding carboxylic acids is 3. The molecule has 3 aromatic rings. The maximum Gasteiger partial charge on any atom is 0.355 e. The van der Waals surface area contributed by atoms with E-state index in [-0.39, 0.29) is 49.0 Å². The number of carbonyl (C=O) groups is 4. The Morgan fingerprint density at radius 2 is 1.92 bits per heavy atom. The van der Waals surface area contributed by atoms with Gasteiger partial charge in [0.2, 0.25) is 11.5 Å². The summed E-state index contributed by atoms with van der Waals surface area (Å²) in [5.74, 6) is -4.48. The van der Waals surface area contributed by atoms with E-state index in [4.69, 9.17) is 20.2 Å². The van der Waals surface area contributed by atoms with Crippen LogP contribution in [0.3, 0.4) is 0 Å². The number of ether oxygens (including phenoxy) is 2. The molecule has 50 heavy (non-hydrogen) atoms. The van der Waals surface area contributed by atoms with Crippen molar-refractivity contribution in [2.75, 3.05) is 11.4 Å². The second kappa shape index (κ2) is 14.2. The summed E-state index contributed by atoms with van der Waals surface area (Å²) in [6.07, 6.45) is 3.97. The summed E-state index contributed by atoms with van der Waals surface area (Å²) in [5, 5.41) is 12.9. The molecule has 6 rings (SSSR count). The number of nitrogens with two attached hydrogens (primary N) is 1. The number of amides is 1. The first-order valence-electron chi connectivity index (χ1n) is 16.6. The molecule has 15 heteroatoms. The number of hydrogen-bond donors (Lipinski definition) is 3. The average molecular weight is 709 g/mol. The molecule has 0 radical (unpaired) electrons. The Morgan fingerprint density at radius 3 is 2.60 bits per heavy atom. The van der Waals surface area contributed by atoms with Gasteiger partial charge in [-0.2, -0.15) is 0 Å². The van der Waals surface area contributed by atoms with Crippen LogP contribution in [0.5, 0.6) is 0 Å². The second-order valence-electron chi connectivity index (χ2n) is 13.0. The van der Waals surface area contributed by atoms with Crippen LogP contribution in [-0.2, 0) is 47.4 Å². The number of fused-ring (bicyclic) bond motifs is 5. The number of nitrogens with zero attached hydrogens (tertiary/aromatic N) is 4. The Bertz CT molecular complexity index is 1980. The minimum absolute atomic E-state index is 0. The molecule has 1 aromatic carbocycles. The molecule has 3 aliphatic heterocycles. The maximum atomic E-state index is 14.2. The van der Waals surface area contributed by atoms with Gasteiger partial charge in [0.05, 0.1) is 64.6 Å². The Morgan fingerprint density at radius 1 is 1.16 bits per heavy atom. The number of cyclic esters (lactones) is 1. The highest BCUT2D eigenvalue weighted by Crippen LogP contribution is 2.47. The lowest BCUT2D eigenvalue weighted by molar-refractivity contribution is -0.190. The Kier molecular flexibility index (Phi) is 10.4. The number of pyridine rings is 2. The number of rotatable bonds is 12. The van der Waals surface area contributed by atoms with E-state index in [0.717, 1.165) is 48.1 Å². The number of aliphatic carboxylic acids is 1. The zero-order valence-electron chi connectivity index (χ0n) is 28.4.